The van der Waals surface area contributed by atoms with E-state index in [1.165, 1.54) is 0 Å². The molecule has 0 radical (unpaired) electrons. The van der Waals surface area contributed by atoms with E-state index in [4.69, 9.17) is 9.47 Å². The van der Waals surface area contributed by atoms with E-state index in [1.54, 1.807) is 7.05 Å². The zero-order valence-electron chi connectivity index (χ0n) is 19.2. The molecule has 0 bridgehead atoms. The summed E-state index contributed by atoms with van der Waals surface area (Å²) in [6.45, 7) is 8.93. The summed E-state index contributed by atoms with van der Waals surface area (Å²) in [6.07, 6.45) is 0. The number of nitrogens with one attached hydrogen (secondary N) is 2. The number of guanidine groups is 1. The molecule has 0 heterocycles. The van der Waals surface area contributed by atoms with Crippen molar-refractivity contribution in [3.8, 4) is 11.5 Å². The number of hydrogen-bond donors (Lipinski definition) is 2. The van der Waals surface area contributed by atoms with Crippen LogP contribution in [0.25, 0.3) is 0 Å². The van der Waals surface area contributed by atoms with Gasteiger partial charge in [0.2, 0.25) is 0 Å². The van der Waals surface area contributed by atoms with Gasteiger partial charge in [-0.3, -0.25) is 4.99 Å². The maximum atomic E-state index is 6.08. The maximum Gasteiger partial charge on any atom is 0.191 e. The minimum Gasteiger partial charge on any atom is -0.492 e. The number of hydrogen-bond acceptors (Lipinski definition) is 4. The first-order valence-corrected chi connectivity index (χ1v) is 10.4. The standard InChI is InChI=1S/C24H36N4O2/c1-24(2,3)30-22-14-10-8-12-20(22)18-27-23(25-4)26-17-19-11-7-9-13-21(19)29-16-15-28(5)6/h7-14H,15-18H2,1-6H3,(H2,25,26,27). The Kier molecular flexibility index (Phi) is 8.99. The number of likely N-dealkylation sites (N-methyl/N-ethyl adjacent to an activating group) is 1. The third-order valence-electron chi connectivity index (χ3n) is 4.27. The maximum absolute atomic E-state index is 6.08. The van der Waals surface area contributed by atoms with Crippen LogP contribution in [0.5, 0.6) is 11.5 Å². The predicted octanol–water partition coefficient (Wildman–Crippen LogP) is 3.67. The molecule has 2 aromatic rings. The Morgan fingerprint density at radius 3 is 1.97 bits per heavy atom. The number of benzene rings is 2. The van der Waals surface area contributed by atoms with Crippen LogP contribution in [0, 0.1) is 0 Å². The second-order valence-corrected chi connectivity index (χ2v) is 8.36. The first-order valence-electron chi connectivity index (χ1n) is 10.4. The summed E-state index contributed by atoms with van der Waals surface area (Å²) in [4.78, 5) is 6.45. The molecule has 2 rings (SSSR count). The van der Waals surface area contributed by atoms with Crippen molar-refractivity contribution in [3.05, 3.63) is 59.7 Å². The van der Waals surface area contributed by atoms with Crippen molar-refractivity contribution >= 4 is 5.96 Å². The number of ether oxygens (including phenoxy) is 2. The third-order valence-corrected chi connectivity index (χ3v) is 4.27. The summed E-state index contributed by atoms with van der Waals surface area (Å²) in [5, 5.41) is 6.74. The molecule has 6 heteroatoms. The molecule has 0 aliphatic carbocycles. The number of aliphatic imine (C=N–C) groups is 1. The highest BCUT2D eigenvalue weighted by Gasteiger charge is 2.14. The monoisotopic (exact) mass is 412 g/mol. The molecule has 0 unspecified atom stereocenters. The van der Waals surface area contributed by atoms with Gasteiger partial charge in [0.15, 0.2) is 5.96 Å². The van der Waals surface area contributed by atoms with Crippen LogP contribution in [0.4, 0.5) is 0 Å². The topological polar surface area (TPSA) is 58.1 Å². The van der Waals surface area contributed by atoms with Gasteiger partial charge in [-0.1, -0.05) is 36.4 Å². The highest BCUT2D eigenvalue weighted by atomic mass is 16.5. The molecule has 0 saturated carbocycles. The predicted molar refractivity (Wildman–Crippen MR) is 124 cm³/mol. The zero-order valence-corrected chi connectivity index (χ0v) is 19.2. The minimum absolute atomic E-state index is 0.244. The van der Waals surface area contributed by atoms with Gasteiger partial charge in [0, 0.05) is 37.8 Å². The molecule has 6 nitrogen and oxygen atoms in total. The molecule has 30 heavy (non-hydrogen) atoms. The summed E-state index contributed by atoms with van der Waals surface area (Å²) in [7, 11) is 5.85. The Labute approximate surface area is 181 Å². The van der Waals surface area contributed by atoms with E-state index in [9.17, 15) is 0 Å². The first-order chi connectivity index (χ1) is 14.3. The molecule has 2 N–H and O–H groups in total. The van der Waals surface area contributed by atoms with Crippen molar-refractivity contribution in [2.75, 3.05) is 34.3 Å². The fraction of sp³-hybridized carbons (Fsp3) is 0.458. The quantitative estimate of drug-likeness (QED) is 0.486. The lowest BCUT2D eigenvalue weighted by Gasteiger charge is -2.23. The van der Waals surface area contributed by atoms with E-state index >= 15 is 0 Å². The third kappa shape index (κ3) is 8.33. The molecule has 0 aromatic heterocycles. The van der Waals surface area contributed by atoms with Crippen LogP contribution in [0.2, 0.25) is 0 Å². The van der Waals surface area contributed by atoms with Crippen LogP contribution in [-0.4, -0.2) is 50.8 Å². The molecule has 0 fully saturated rings. The van der Waals surface area contributed by atoms with Gasteiger partial charge in [-0.25, -0.2) is 0 Å². The average molecular weight is 413 g/mol. The molecule has 2 aromatic carbocycles. The van der Waals surface area contributed by atoms with Crippen molar-refractivity contribution < 1.29 is 9.47 Å². The van der Waals surface area contributed by atoms with Gasteiger partial charge in [0.05, 0.1) is 0 Å². The minimum atomic E-state index is -0.244. The number of nitrogens with zero attached hydrogens (tertiary/aromatic N) is 2. The fourth-order valence-electron chi connectivity index (χ4n) is 2.79. The molecule has 0 aliphatic heterocycles. The van der Waals surface area contributed by atoms with E-state index in [0.717, 1.165) is 35.1 Å². The summed E-state index contributed by atoms with van der Waals surface area (Å²) < 4.78 is 12.0. The van der Waals surface area contributed by atoms with Crippen LogP contribution < -0.4 is 20.1 Å². The SMILES string of the molecule is CN=C(NCc1ccccc1OCCN(C)C)NCc1ccccc1OC(C)(C)C. The molecule has 0 saturated heterocycles. The second kappa shape index (κ2) is 11.5. The molecule has 0 atom stereocenters. The van der Waals surface area contributed by atoms with Crippen LogP contribution >= 0.6 is 0 Å². The molecular weight excluding hydrogens is 376 g/mol. The molecule has 0 aliphatic rings. The smallest absolute Gasteiger partial charge is 0.191 e. The Hall–Kier alpha value is -2.73. The van der Waals surface area contributed by atoms with Crippen molar-refractivity contribution in [1.29, 1.82) is 0 Å². The van der Waals surface area contributed by atoms with Gasteiger partial charge in [0.25, 0.3) is 0 Å². The Bertz CT molecular complexity index is 813. The van der Waals surface area contributed by atoms with Gasteiger partial charge in [0.1, 0.15) is 23.7 Å². The average Bonchev–Trinajstić information content (AvgIpc) is 2.68. The van der Waals surface area contributed by atoms with Crippen LogP contribution in [0.1, 0.15) is 31.9 Å². The molecule has 0 spiro atoms. The fourth-order valence-corrected chi connectivity index (χ4v) is 2.79. The van der Waals surface area contributed by atoms with Crippen LogP contribution in [-0.2, 0) is 13.1 Å². The second-order valence-electron chi connectivity index (χ2n) is 8.36. The van der Waals surface area contributed by atoms with E-state index < -0.39 is 0 Å². The van der Waals surface area contributed by atoms with Crippen molar-refractivity contribution in [2.45, 2.75) is 39.5 Å². The van der Waals surface area contributed by atoms with E-state index in [2.05, 4.69) is 53.4 Å². The van der Waals surface area contributed by atoms with Crippen LogP contribution in [0.3, 0.4) is 0 Å². The van der Waals surface area contributed by atoms with Gasteiger partial charge in [-0.15, -0.1) is 0 Å². The number of rotatable bonds is 9. The summed E-state index contributed by atoms with van der Waals surface area (Å²) in [5.41, 5.74) is 1.94. The Balaban J connectivity index is 1.94. The van der Waals surface area contributed by atoms with E-state index in [1.807, 2.05) is 50.5 Å². The molecular formula is C24H36N4O2. The Morgan fingerprint density at radius 1 is 0.900 bits per heavy atom. The molecule has 0 amide bonds. The van der Waals surface area contributed by atoms with Gasteiger partial charge in [-0.2, -0.15) is 0 Å². The van der Waals surface area contributed by atoms with Crippen molar-refractivity contribution in [2.24, 2.45) is 4.99 Å². The number of para-hydroxylation sites is 2. The zero-order chi connectivity index (χ0) is 22.0. The van der Waals surface area contributed by atoms with Crippen molar-refractivity contribution in [1.82, 2.24) is 15.5 Å². The van der Waals surface area contributed by atoms with Crippen LogP contribution in [0.15, 0.2) is 53.5 Å². The van der Waals surface area contributed by atoms with Gasteiger partial charge < -0.3 is 25.0 Å². The largest absolute Gasteiger partial charge is 0.492 e. The lowest BCUT2D eigenvalue weighted by molar-refractivity contribution is 0.129. The highest BCUT2D eigenvalue weighted by Crippen LogP contribution is 2.23. The van der Waals surface area contributed by atoms with E-state index in [0.29, 0.717) is 19.7 Å². The normalized spacial score (nSPS) is 12.0. The molecule has 164 valence electrons. The summed E-state index contributed by atoms with van der Waals surface area (Å²) in [5.74, 6) is 2.50. The lowest BCUT2D eigenvalue weighted by Crippen LogP contribution is -2.36. The van der Waals surface area contributed by atoms with Gasteiger partial charge >= 0.3 is 0 Å². The summed E-state index contributed by atoms with van der Waals surface area (Å²) in [6, 6.07) is 16.2. The van der Waals surface area contributed by atoms with Gasteiger partial charge in [-0.05, 0) is 47.0 Å². The summed E-state index contributed by atoms with van der Waals surface area (Å²) >= 11 is 0. The van der Waals surface area contributed by atoms with Crippen molar-refractivity contribution in [3.63, 3.8) is 0 Å². The highest BCUT2D eigenvalue weighted by molar-refractivity contribution is 5.79. The lowest BCUT2D eigenvalue weighted by atomic mass is 10.1. The first kappa shape index (κ1) is 23.5. The Morgan fingerprint density at radius 2 is 1.43 bits per heavy atom. The van der Waals surface area contributed by atoms with E-state index in [-0.39, 0.29) is 5.60 Å².